The van der Waals surface area contributed by atoms with Gasteiger partial charge in [-0.25, -0.2) is 4.39 Å². The van der Waals surface area contributed by atoms with E-state index in [1.54, 1.807) is 12.1 Å². The fraction of sp³-hybridized carbons (Fsp3) is 0.462. The smallest absolute Gasteiger partial charge is 0.129 e. The fourth-order valence-corrected chi connectivity index (χ4v) is 1.58. The van der Waals surface area contributed by atoms with Gasteiger partial charge in [0.15, 0.2) is 0 Å². The molecule has 0 heterocycles. The number of rotatable bonds is 4. The highest BCUT2D eigenvalue weighted by Gasteiger charge is 2.12. The van der Waals surface area contributed by atoms with Crippen molar-refractivity contribution in [3.8, 4) is 6.07 Å². The van der Waals surface area contributed by atoms with Gasteiger partial charge in [0.05, 0.1) is 11.6 Å². The third-order valence-electron chi connectivity index (χ3n) is 2.74. The van der Waals surface area contributed by atoms with Crippen molar-refractivity contribution in [1.82, 2.24) is 5.32 Å². The monoisotopic (exact) mass is 220 g/mol. The number of nitrogens with zero attached hydrogens (tertiary/aromatic N) is 1. The maximum absolute atomic E-state index is 13.7. The molecule has 1 aromatic carbocycles. The minimum atomic E-state index is -0.317. The number of hydrogen-bond acceptors (Lipinski definition) is 2. The summed E-state index contributed by atoms with van der Waals surface area (Å²) in [5.74, 6) is -0.317. The first-order valence-electron chi connectivity index (χ1n) is 5.54. The van der Waals surface area contributed by atoms with E-state index in [2.05, 4.69) is 19.2 Å². The first-order chi connectivity index (χ1) is 7.58. The van der Waals surface area contributed by atoms with Crippen molar-refractivity contribution in [3.05, 3.63) is 35.1 Å². The van der Waals surface area contributed by atoms with Gasteiger partial charge in [-0.15, -0.1) is 0 Å². The standard InChI is InChI=1S/C13H17FN2/c1-4-9(2)16-10(3)12-6-5-11(8-15)7-13(12)14/h5-7,9-10,16H,4H2,1-3H3. The molecule has 0 aliphatic rings. The highest BCUT2D eigenvalue weighted by atomic mass is 19.1. The van der Waals surface area contributed by atoms with Crippen LogP contribution in [-0.4, -0.2) is 6.04 Å². The molecule has 0 radical (unpaired) electrons. The van der Waals surface area contributed by atoms with Crippen molar-refractivity contribution in [2.24, 2.45) is 0 Å². The zero-order chi connectivity index (χ0) is 12.1. The molecule has 0 aliphatic carbocycles. The molecule has 0 fully saturated rings. The van der Waals surface area contributed by atoms with E-state index in [1.165, 1.54) is 6.07 Å². The van der Waals surface area contributed by atoms with Crippen LogP contribution in [-0.2, 0) is 0 Å². The Labute approximate surface area is 96.1 Å². The number of benzene rings is 1. The van der Waals surface area contributed by atoms with E-state index in [4.69, 9.17) is 5.26 Å². The van der Waals surface area contributed by atoms with Gasteiger partial charge in [0, 0.05) is 17.6 Å². The van der Waals surface area contributed by atoms with Crippen LogP contribution in [0.2, 0.25) is 0 Å². The molecule has 1 rings (SSSR count). The molecule has 1 N–H and O–H groups in total. The van der Waals surface area contributed by atoms with Crippen LogP contribution in [0.4, 0.5) is 4.39 Å². The molecular weight excluding hydrogens is 203 g/mol. The number of nitriles is 1. The average Bonchev–Trinajstić information content (AvgIpc) is 2.28. The van der Waals surface area contributed by atoms with Gasteiger partial charge in [-0.2, -0.15) is 5.26 Å². The molecular formula is C13H17FN2. The summed E-state index contributed by atoms with van der Waals surface area (Å²) in [6, 6.07) is 6.84. The van der Waals surface area contributed by atoms with Crippen molar-refractivity contribution in [3.63, 3.8) is 0 Å². The van der Waals surface area contributed by atoms with Crippen LogP contribution in [0.3, 0.4) is 0 Å². The molecule has 2 atom stereocenters. The van der Waals surface area contributed by atoms with Crippen LogP contribution in [0.25, 0.3) is 0 Å². The maximum atomic E-state index is 13.7. The molecule has 0 saturated carbocycles. The Bertz CT molecular complexity index is 395. The summed E-state index contributed by atoms with van der Waals surface area (Å²) in [6.45, 7) is 6.08. The van der Waals surface area contributed by atoms with Gasteiger partial charge in [0.2, 0.25) is 0 Å². The Morgan fingerprint density at radius 3 is 2.62 bits per heavy atom. The predicted molar refractivity (Wildman–Crippen MR) is 62.4 cm³/mol. The normalized spacial score (nSPS) is 14.2. The van der Waals surface area contributed by atoms with E-state index in [1.807, 2.05) is 13.0 Å². The van der Waals surface area contributed by atoms with Crippen molar-refractivity contribution in [2.45, 2.75) is 39.3 Å². The summed E-state index contributed by atoms with van der Waals surface area (Å²) in [6.07, 6.45) is 1.00. The van der Waals surface area contributed by atoms with E-state index < -0.39 is 0 Å². The predicted octanol–water partition coefficient (Wildman–Crippen LogP) is 3.15. The molecule has 0 saturated heterocycles. The molecule has 86 valence electrons. The van der Waals surface area contributed by atoms with Gasteiger partial charge in [-0.05, 0) is 32.4 Å². The summed E-state index contributed by atoms with van der Waals surface area (Å²) >= 11 is 0. The second kappa shape index (κ2) is 5.62. The third-order valence-corrected chi connectivity index (χ3v) is 2.74. The summed E-state index contributed by atoms with van der Waals surface area (Å²) < 4.78 is 13.7. The van der Waals surface area contributed by atoms with Crippen LogP contribution in [0, 0.1) is 17.1 Å². The highest BCUT2D eigenvalue weighted by molar-refractivity contribution is 5.34. The van der Waals surface area contributed by atoms with Crippen LogP contribution < -0.4 is 5.32 Å². The zero-order valence-electron chi connectivity index (χ0n) is 9.92. The number of hydrogen-bond donors (Lipinski definition) is 1. The number of nitrogens with one attached hydrogen (secondary N) is 1. The van der Waals surface area contributed by atoms with Crippen LogP contribution in [0.15, 0.2) is 18.2 Å². The molecule has 0 spiro atoms. The van der Waals surface area contributed by atoms with Gasteiger partial charge >= 0.3 is 0 Å². The van der Waals surface area contributed by atoms with Gasteiger partial charge in [-0.1, -0.05) is 13.0 Å². The topological polar surface area (TPSA) is 35.8 Å². The second-order valence-corrected chi connectivity index (χ2v) is 4.05. The lowest BCUT2D eigenvalue weighted by molar-refractivity contribution is 0.454. The lowest BCUT2D eigenvalue weighted by atomic mass is 10.0. The molecule has 2 unspecified atom stereocenters. The first-order valence-corrected chi connectivity index (χ1v) is 5.54. The van der Waals surface area contributed by atoms with Gasteiger partial charge in [0.1, 0.15) is 5.82 Å². The van der Waals surface area contributed by atoms with Crippen molar-refractivity contribution >= 4 is 0 Å². The van der Waals surface area contributed by atoms with E-state index in [9.17, 15) is 4.39 Å². The summed E-state index contributed by atoms with van der Waals surface area (Å²) in [7, 11) is 0. The molecule has 16 heavy (non-hydrogen) atoms. The van der Waals surface area contributed by atoms with Crippen molar-refractivity contribution in [1.29, 1.82) is 5.26 Å². The van der Waals surface area contributed by atoms with E-state index in [-0.39, 0.29) is 11.9 Å². The van der Waals surface area contributed by atoms with Gasteiger partial charge in [0.25, 0.3) is 0 Å². The Morgan fingerprint density at radius 2 is 2.12 bits per heavy atom. The highest BCUT2D eigenvalue weighted by Crippen LogP contribution is 2.18. The molecule has 0 amide bonds. The second-order valence-electron chi connectivity index (χ2n) is 4.05. The quantitative estimate of drug-likeness (QED) is 0.846. The Morgan fingerprint density at radius 1 is 1.44 bits per heavy atom. The first kappa shape index (κ1) is 12.7. The maximum Gasteiger partial charge on any atom is 0.129 e. The SMILES string of the molecule is CCC(C)NC(C)c1ccc(C#N)cc1F. The fourth-order valence-electron chi connectivity index (χ4n) is 1.58. The van der Waals surface area contributed by atoms with Crippen molar-refractivity contribution < 1.29 is 4.39 Å². The van der Waals surface area contributed by atoms with E-state index in [0.717, 1.165) is 6.42 Å². The molecule has 0 bridgehead atoms. The lowest BCUT2D eigenvalue weighted by Crippen LogP contribution is -2.28. The van der Waals surface area contributed by atoms with Crippen molar-refractivity contribution in [2.75, 3.05) is 0 Å². The molecule has 0 aromatic heterocycles. The van der Waals surface area contributed by atoms with Crippen LogP contribution in [0.5, 0.6) is 0 Å². The summed E-state index contributed by atoms with van der Waals surface area (Å²) in [5, 5.41) is 11.9. The molecule has 3 heteroatoms. The van der Waals surface area contributed by atoms with Gasteiger partial charge in [-0.3, -0.25) is 0 Å². The molecule has 1 aromatic rings. The molecule has 0 aliphatic heterocycles. The molecule has 2 nitrogen and oxygen atoms in total. The Balaban J connectivity index is 2.84. The summed E-state index contributed by atoms with van der Waals surface area (Å²) in [4.78, 5) is 0. The average molecular weight is 220 g/mol. The largest absolute Gasteiger partial charge is 0.308 e. The van der Waals surface area contributed by atoms with Crippen LogP contribution >= 0.6 is 0 Å². The minimum absolute atomic E-state index is 0.0392. The zero-order valence-corrected chi connectivity index (χ0v) is 9.92. The van der Waals surface area contributed by atoms with E-state index in [0.29, 0.717) is 17.2 Å². The Kier molecular flexibility index (Phi) is 4.45. The van der Waals surface area contributed by atoms with E-state index >= 15 is 0 Å². The lowest BCUT2D eigenvalue weighted by Gasteiger charge is -2.19. The van der Waals surface area contributed by atoms with Crippen LogP contribution in [0.1, 0.15) is 44.4 Å². The minimum Gasteiger partial charge on any atom is -0.308 e. The Hall–Kier alpha value is -1.40. The summed E-state index contributed by atoms with van der Waals surface area (Å²) in [5.41, 5.74) is 0.969. The number of halogens is 1. The third kappa shape index (κ3) is 3.04. The van der Waals surface area contributed by atoms with Gasteiger partial charge < -0.3 is 5.32 Å².